The van der Waals surface area contributed by atoms with E-state index in [9.17, 15) is 0 Å². The number of nitrogens with two attached hydrogens (primary N) is 1. The first-order chi connectivity index (χ1) is 10.1. The van der Waals surface area contributed by atoms with Crippen LogP contribution in [-0.4, -0.2) is 16.1 Å². The number of hydrogen-bond donors (Lipinski definition) is 1. The third-order valence-electron chi connectivity index (χ3n) is 3.93. The molecule has 2 N–H and O–H groups in total. The molecule has 0 radical (unpaired) electrons. The SMILES string of the molecule is Cn1c(CC(F)(CN)c2ccccc2)nc2ccccc21. The van der Waals surface area contributed by atoms with E-state index in [1.54, 1.807) is 12.1 Å². The molecule has 0 bridgehead atoms. The van der Waals surface area contributed by atoms with Gasteiger partial charge in [0.2, 0.25) is 0 Å². The van der Waals surface area contributed by atoms with Crippen molar-refractivity contribution in [1.29, 1.82) is 0 Å². The quantitative estimate of drug-likeness (QED) is 0.800. The van der Waals surface area contributed by atoms with Crippen LogP contribution in [0.5, 0.6) is 0 Å². The largest absolute Gasteiger partial charge is 0.331 e. The zero-order valence-corrected chi connectivity index (χ0v) is 12.0. The highest BCUT2D eigenvalue weighted by Gasteiger charge is 2.32. The Morgan fingerprint density at radius 1 is 1.10 bits per heavy atom. The predicted octanol–water partition coefficient (Wildman–Crippen LogP) is 2.94. The van der Waals surface area contributed by atoms with Crippen LogP contribution in [0.1, 0.15) is 11.4 Å². The normalized spacial score (nSPS) is 14.2. The summed E-state index contributed by atoms with van der Waals surface area (Å²) in [4.78, 5) is 4.54. The summed E-state index contributed by atoms with van der Waals surface area (Å²) in [7, 11) is 1.91. The zero-order chi connectivity index (χ0) is 14.9. The van der Waals surface area contributed by atoms with E-state index >= 15 is 4.39 Å². The van der Waals surface area contributed by atoms with Gasteiger partial charge in [-0.15, -0.1) is 0 Å². The summed E-state index contributed by atoms with van der Waals surface area (Å²) in [5.41, 5.74) is 6.59. The van der Waals surface area contributed by atoms with Crippen LogP contribution in [-0.2, 0) is 19.1 Å². The highest BCUT2D eigenvalue weighted by molar-refractivity contribution is 5.75. The highest BCUT2D eigenvalue weighted by atomic mass is 19.1. The van der Waals surface area contributed by atoms with Crippen molar-refractivity contribution in [2.24, 2.45) is 12.8 Å². The van der Waals surface area contributed by atoms with Crippen molar-refractivity contribution in [3.05, 3.63) is 66.0 Å². The van der Waals surface area contributed by atoms with Crippen LogP contribution in [0.4, 0.5) is 4.39 Å². The van der Waals surface area contributed by atoms with Crippen LogP contribution in [0.15, 0.2) is 54.6 Å². The lowest BCUT2D eigenvalue weighted by Crippen LogP contribution is -2.33. The van der Waals surface area contributed by atoms with E-state index in [-0.39, 0.29) is 13.0 Å². The number of aromatic nitrogens is 2. The maximum Gasteiger partial charge on any atom is 0.155 e. The lowest BCUT2D eigenvalue weighted by atomic mass is 9.92. The number of hydrogen-bond acceptors (Lipinski definition) is 2. The number of nitrogens with zero attached hydrogens (tertiary/aromatic N) is 2. The molecule has 0 fully saturated rings. The van der Waals surface area contributed by atoms with Crippen LogP contribution in [0, 0.1) is 0 Å². The maximum atomic E-state index is 15.3. The number of alkyl halides is 1. The van der Waals surface area contributed by atoms with Gasteiger partial charge in [0.05, 0.1) is 11.0 Å². The minimum atomic E-state index is -1.60. The van der Waals surface area contributed by atoms with E-state index in [4.69, 9.17) is 5.73 Å². The summed E-state index contributed by atoms with van der Waals surface area (Å²) in [6.45, 7) is -0.0692. The lowest BCUT2D eigenvalue weighted by molar-refractivity contribution is 0.171. The van der Waals surface area contributed by atoms with Gasteiger partial charge in [0, 0.05) is 20.0 Å². The summed E-state index contributed by atoms with van der Waals surface area (Å²) in [6, 6.07) is 16.9. The maximum absolute atomic E-state index is 15.3. The second-order valence-corrected chi connectivity index (χ2v) is 5.29. The van der Waals surface area contributed by atoms with Gasteiger partial charge in [-0.2, -0.15) is 0 Å². The van der Waals surface area contributed by atoms with Crippen LogP contribution in [0.2, 0.25) is 0 Å². The minimum absolute atomic E-state index is 0.0692. The van der Waals surface area contributed by atoms with E-state index in [0.29, 0.717) is 11.4 Å². The lowest BCUT2D eigenvalue weighted by Gasteiger charge is -2.23. The van der Waals surface area contributed by atoms with Gasteiger partial charge in [-0.05, 0) is 17.7 Å². The van der Waals surface area contributed by atoms with Gasteiger partial charge >= 0.3 is 0 Å². The average Bonchev–Trinajstić information content (AvgIpc) is 2.84. The summed E-state index contributed by atoms with van der Waals surface area (Å²) < 4.78 is 17.2. The van der Waals surface area contributed by atoms with E-state index in [2.05, 4.69) is 4.98 Å². The fraction of sp³-hybridized carbons (Fsp3) is 0.235. The Bertz CT molecular complexity index is 751. The summed E-state index contributed by atoms with van der Waals surface area (Å²) in [5, 5.41) is 0. The van der Waals surface area contributed by atoms with E-state index < -0.39 is 5.67 Å². The Hall–Kier alpha value is -2.20. The van der Waals surface area contributed by atoms with Gasteiger partial charge in [0.15, 0.2) is 5.67 Å². The molecule has 0 aliphatic heterocycles. The standard InChI is InChI=1S/C17H18FN3/c1-21-15-10-6-5-9-14(15)20-16(21)11-17(18,12-19)13-7-3-2-4-8-13/h2-10H,11-12,19H2,1H3. The number of halogens is 1. The molecule has 1 heterocycles. The molecule has 21 heavy (non-hydrogen) atoms. The molecule has 1 aromatic heterocycles. The zero-order valence-electron chi connectivity index (χ0n) is 12.0. The van der Waals surface area contributed by atoms with Crippen molar-refractivity contribution in [2.45, 2.75) is 12.1 Å². The Morgan fingerprint density at radius 2 is 1.76 bits per heavy atom. The Labute approximate surface area is 123 Å². The Kier molecular flexibility index (Phi) is 3.47. The predicted molar refractivity (Wildman–Crippen MR) is 82.7 cm³/mol. The summed E-state index contributed by atoms with van der Waals surface area (Å²) >= 11 is 0. The average molecular weight is 283 g/mol. The van der Waals surface area contributed by atoms with Crippen molar-refractivity contribution in [1.82, 2.24) is 9.55 Å². The first-order valence-corrected chi connectivity index (χ1v) is 6.99. The molecule has 0 spiro atoms. The number of rotatable bonds is 4. The first-order valence-electron chi connectivity index (χ1n) is 6.99. The second kappa shape index (κ2) is 5.30. The number of aryl methyl sites for hydroxylation is 1. The molecule has 3 nitrogen and oxygen atoms in total. The molecule has 0 aliphatic rings. The van der Waals surface area contributed by atoms with Crippen LogP contribution in [0.3, 0.4) is 0 Å². The van der Waals surface area contributed by atoms with Crippen molar-refractivity contribution in [3.8, 4) is 0 Å². The van der Waals surface area contributed by atoms with Gasteiger partial charge < -0.3 is 10.3 Å². The van der Waals surface area contributed by atoms with Crippen LogP contribution in [0.25, 0.3) is 11.0 Å². The van der Waals surface area contributed by atoms with E-state index in [0.717, 1.165) is 11.0 Å². The third kappa shape index (κ3) is 2.43. The molecular weight excluding hydrogens is 265 g/mol. The van der Waals surface area contributed by atoms with Gasteiger partial charge in [-0.25, -0.2) is 9.37 Å². The smallest absolute Gasteiger partial charge is 0.155 e. The molecule has 4 heteroatoms. The number of imidazole rings is 1. The number of benzene rings is 2. The van der Waals surface area contributed by atoms with Crippen LogP contribution < -0.4 is 5.73 Å². The first kappa shape index (κ1) is 13.8. The van der Waals surface area contributed by atoms with E-state index in [1.807, 2.05) is 54.1 Å². The Morgan fingerprint density at radius 3 is 2.43 bits per heavy atom. The monoisotopic (exact) mass is 283 g/mol. The highest BCUT2D eigenvalue weighted by Crippen LogP contribution is 2.29. The van der Waals surface area contributed by atoms with Gasteiger partial charge in [0.25, 0.3) is 0 Å². The number of fused-ring (bicyclic) bond motifs is 1. The molecule has 0 saturated carbocycles. The molecular formula is C17H18FN3. The minimum Gasteiger partial charge on any atom is -0.331 e. The summed E-state index contributed by atoms with van der Waals surface area (Å²) in [5.74, 6) is 0.702. The third-order valence-corrected chi connectivity index (χ3v) is 3.93. The van der Waals surface area contributed by atoms with Crippen molar-refractivity contribution in [3.63, 3.8) is 0 Å². The summed E-state index contributed by atoms with van der Waals surface area (Å²) in [6.07, 6.45) is 0.165. The Balaban J connectivity index is 2.01. The fourth-order valence-electron chi connectivity index (χ4n) is 2.63. The van der Waals surface area contributed by atoms with Gasteiger partial charge in [0.1, 0.15) is 5.82 Å². The number of para-hydroxylation sites is 2. The fourth-order valence-corrected chi connectivity index (χ4v) is 2.63. The van der Waals surface area contributed by atoms with Gasteiger partial charge in [-0.1, -0.05) is 42.5 Å². The molecule has 1 atom stereocenters. The van der Waals surface area contributed by atoms with Crippen LogP contribution >= 0.6 is 0 Å². The molecule has 108 valence electrons. The van der Waals surface area contributed by atoms with Crippen molar-refractivity contribution in [2.75, 3.05) is 6.54 Å². The topological polar surface area (TPSA) is 43.8 Å². The van der Waals surface area contributed by atoms with Crippen molar-refractivity contribution >= 4 is 11.0 Å². The van der Waals surface area contributed by atoms with Gasteiger partial charge in [-0.3, -0.25) is 0 Å². The molecule has 2 aromatic carbocycles. The molecule has 0 saturated heterocycles. The molecule has 3 aromatic rings. The second-order valence-electron chi connectivity index (χ2n) is 5.29. The molecule has 3 rings (SSSR count). The molecule has 0 aliphatic carbocycles. The molecule has 0 amide bonds. The van der Waals surface area contributed by atoms with Crippen molar-refractivity contribution < 1.29 is 4.39 Å². The van der Waals surface area contributed by atoms with E-state index in [1.165, 1.54) is 0 Å². The molecule has 1 unspecified atom stereocenters.